The zero-order chi connectivity index (χ0) is 11.3. The molecule has 15 heavy (non-hydrogen) atoms. The summed E-state index contributed by atoms with van der Waals surface area (Å²) in [6.07, 6.45) is -0.437. The Bertz CT molecular complexity index is 368. The number of aryl methyl sites for hydroxylation is 2. The molecule has 0 amide bonds. The number of hydrogen-bond donors (Lipinski definition) is 2. The number of nitrogens with one attached hydrogen (secondary N) is 1. The third kappa shape index (κ3) is 3.61. The lowest BCUT2D eigenvalue weighted by Crippen LogP contribution is -2.19. The van der Waals surface area contributed by atoms with Crippen molar-refractivity contribution in [1.29, 1.82) is 5.26 Å². The molecule has 1 unspecified atom stereocenters. The molecule has 0 bridgehead atoms. The number of aliphatic hydroxyl groups excluding tert-OH is 1. The van der Waals surface area contributed by atoms with Crippen molar-refractivity contribution >= 4 is 5.69 Å². The lowest BCUT2D eigenvalue weighted by Gasteiger charge is -2.12. The summed E-state index contributed by atoms with van der Waals surface area (Å²) in [5, 5.41) is 20.9. The Balaban J connectivity index is 2.55. The van der Waals surface area contributed by atoms with Crippen LogP contribution < -0.4 is 5.32 Å². The van der Waals surface area contributed by atoms with Crippen molar-refractivity contribution in [2.45, 2.75) is 26.4 Å². The third-order valence-electron chi connectivity index (χ3n) is 2.24. The van der Waals surface area contributed by atoms with Gasteiger partial charge in [0, 0.05) is 12.2 Å². The van der Waals surface area contributed by atoms with Crippen molar-refractivity contribution < 1.29 is 5.11 Å². The molecule has 0 aromatic heterocycles. The van der Waals surface area contributed by atoms with Gasteiger partial charge in [0.05, 0.1) is 18.6 Å². The largest absolute Gasteiger partial charge is 0.390 e. The standard InChI is InChI=1S/C12H16N2O/c1-9-3-4-12(10(2)7-9)14-8-11(15)5-6-13/h3-4,7,11,14-15H,5,8H2,1-2H3. The molecule has 1 rings (SSSR count). The molecule has 1 aromatic rings. The Morgan fingerprint density at radius 2 is 2.20 bits per heavy atom. The molecule has 0 saturated carbocycles. The molecular weight excluding hydrogens is 188 g/mol. The minimum Gasteiger partial charge on any atom is -0.390 e. The van der Waals surface area contributed by atoms with E-state index in [1.54, 1.807) is 0 Å². The summed E-state index contributed by atoms with van der Waals surface area (Å²) >= 11 is 0. The van der Waals surface area contributed by atoms with Gasteiger partial charge in [0.1, 0.15) is 0 Å². The summed E-state index contributed by atoms with van der Waals surface area (Å²) in [5.41, 5.74) is 3.38. The average molecular weight is 204 g/mol. The SMILES string of the molecule is Cc1ccc(NCC(O)CC#N)c(C)c1. The number of aliphatic hydroxyl groups is 1. The van der Waals surface area contributed by atoms with Gasteiger partial charge in [-0.15, -0.1) is 0 Å². The van der Waals surface area contributed by atoms with Gasteiger partial charge in [-0.05, 0) is 25.5 Å². The van der Waals surface area contributed by atoms with Gasteiger partial charge >= 0.3 is 0 Å². The summed E-state index contributed by atoms with van der Waals surface area (Å²) in [6.45, 7) is 4.48. The van der Waals surface area contributed by atoms with Crippen LogP contribution in [0.25, 0.3) is 0 Å². The van der Waals surface area contributed by atoms with Crippen LogP contribution in [-0.2, 0) is 0 Å². The van der Waals surface area contributed by atoms with E-state index in [0.29, 0.717) is 6.54 Å². The molecule has 0 spiro atoms. The Morgan fingerprint density at radius 1 is 1.47 bits per heavy atom. The van der Waals surface area contributed by atoms with E-state index >= 15 is 0 Å². The monoisotopic (exact) mass is 204 g/mol. The highest BCUT2D eigenvalue weighted by molar-refractivity contribution is 5.51. The molecule has 1 atom stereocenters. The van der Waals surface area contributed by atoms with Crippen molar-refractivity contribution in [2.24, 2.45) is 0 Å². The smallest absolute Gasteiger partial charge is 0.0842 e. The quantitative estimate of drug-likeness (QED) is 0.788. The van der Waals surface area contributed by atoms with Crippen molar-refractivity contribution in [3.8, 4) is 6.07 Å². The predicted molar refractivity (Wildman–Crippen MR) is 60.6 cm³/mol. The summed E-state index contributed by atoms with van der Waals surface area (Å²) < 4.78 is 0. The van der Waals surface area contributed by atoms with Gasteiger partial charge in [0.25, 0.3) is 0 Å². The molecule has 0 aliphatic rings. The lowest BCUT2D eigenvalue weighted by molar-refractivity contribution is 0.193. The first-order chi connectivity index (χ1) is 7.13. The normalized spacial score (nSPS) is 11.9. The van der Waals surface area contributed by atoms with Crippen LogP contribution in [-0.4, -0.2) is 17.8 Å². The highest BCUT2D eigenvalue weighted by atomic mass is 16.3. The highest BCUT2D eigenvalue weighted by Crippen LogP contribution is 2.15. The third-order valence-corrected chi connectivity index (χ3v) is 2.24. The number of nitriles is 1. The van der Waals surface area contributed by atoms with Gasteiger partial charge in [-0.25, -0.2) is 0 Å². The fourth-order valence-electron chi connectivity index (χ4n) is 1.42. The van der Waals surface area contributed by atoms with Crippen LogP contribution in [0, 0.1) is 25.2 Å². The van der Waals surface area contributed by atoms with E-state index < -0.39 is 6.10 Å². The minimum absolute atomic E-state index is 0.165. The Morgan fingerprint density at radius 3 is 2.80 bits per heavy atom. The Kier molecular flexibility index (Phi) is 4.14. The van der Waals surface area contributed by atoms with Crippen LogP contribution in [0.2, 0.25) is 0 Å². The van der Waals surface area contributed by atoms with E-state index in [4.69, 9.17) is 5.26 Å². The topological polar surface area (TPSA) is 56.0 Å². The highest BCUT2D eigenvalue weighted by Gasteiger charge is 2.03. The van der Waals surface area contributed by atoms with Crippen LogP contribution in [0.15, 0.2) is 18.2 Å². The molecule has 2 N–H and O–H groups in total. The van der Waals surface area contributed by atoms with E-state index in [9.17, 15) is 5.11 Å². The molecule has 1 aromatic carbocycles. The number of anilines is 1. The predicted octanol–water partition coefficient (Wildman–Crippen LogP) is 1.99. The van der Waals surface area contributed by atoms with Crippen LogP contribution in [0.1, 0.15) is 17.5 Å². The zero-order valence-corrected chi connectivity index (χ0v) is 9.12. The fourth-order valence-corrected chi connectivity index (χ4v) is 1.42. The molecule has 0 fully saturated rings. The first kappa shape index (κ1) is 11.5. The number of rotatable bonds is 4. The average Bonchev–Trinajstić information content (AvgIpc) is 2.17. The molecule has 80 valence electrons. The van der Waals surface area contributed by atoms with E-state index in [0.717, 1.165) is 11.3 Å². The second-order valence-corrected chi connectivity index (χ2v) is 3.72. The molecule has 0 radical (unpaired) electrons. The van der Waals surface area contributed by atoms with E-state index in [1.165, 1.54) is 5.56 Å². The molecular formula is C12H16N2O. The van der Waals surface area contributed by atoms with Crippen LogP contribution in [0.4, 0.5) is 5.69 Å². The zero-order valence-electron chi connectivity index (χ0n) is 9.12. The molecule has 0 aliphatic heterocycles. The Hall–Kier alpha value is -1.53. The summed E-state index contributed by atoms with van der Waals surface area (Å²) in [6, 6.07) is 8.03. The van der Waals surface area contributed by atoms with Gasteiger partial charge in [-0.2, -0.15) is 5.26 Å². The molecule has 0 aliphatic carbocycles. The van der Waals surface area contributed by atoms with Gasteiger partial charge in [-0.3, -0.25) is 0 Å². The van der Waals surface area contributed by atoms with E-state index in [1.807, 2.05) is 32.0 Å². The number of benzene rings is 1. The van der Waals surface area contributed by atoms with Gasteiger partial charge in [0.15, 0.2) is 0 Å². The summed E-state index contributed by atoms with van der Waals surface area (Å²) in [4.78, 5) is 0. The first-order valence-electron chi connectivity index (χ1n) is 4.99. The molecule has 3 nitrogen and oxygen atoms in total. The fraction of sp³-hybridized carbons (Fsp3) is 0.417. The van der Waals surface area contributed by atoms with Gasteiger partial charge in [-0.1, -0.05) is 17.7 Å². The van der Waals surface area contributed by atoms with Crippen LogP contribution >= 0.6 is 0 Å². The second kappa shape index (κ2) is 5.38. The first-order valence-corrected chi connectivity index (χ1v) is 4.99. The maximum atomic E-state index is 9.37. The van der Waals surface area contributed by atoms with Crippen molar-refractivity contribution in [3.63, 3.8) is 0 Å². The van der Waals surface area contributed by atoms with Crippen molar-refractivity contribution in [1.82, 2.24) is 0 Å². The minimum atomic E-state index is -0.601. The van der Waals surface area contributed by atoms with Crippen LogP contribution in [0.5, 0.6) is 0 Å². The van der Waals surface area contributed by atoms with Gasteiger partial charge in [0.2, 0.25) is 0 Å². The molecule has 0 saturated heterocycles. The molecule has 0 heterocycles. The Labute approximate surface area is 90.4 Å². The lowest BCUT2D eigenvalue weighted by atomic mass is 10.1. The molecule has 3 heteroatoms. The van der Waals surface area contributed by atoms with Crippen molar-refractivity contribution in [2.75, 3.05) is 11.9 Å². The van der Waals surface area contributed by atoms with E-state index in [2.05, 4.69) is 11.4 Å². The van der Waals surface area contributed by atoms with Gasteiger partial charge < -0.3 is 10.4 Å². The van der Waals surface area contributed by atoms with Crippen molar-refractivity contribution in [3.05, 3.63) is 29.3 Å². The van der Waals surface area contributed by atoms with Crippen LogP contribution in [0.3, 0.4) is 0 Å². The summed E-state index contributed by atoms with van der Waals surface area (Å²) in [5.74, 6) is 0. The second-order valence-electron chi connectivity index (χ2n) is 3.72. The summed E-state index contributed by atoms with van der Waals surface area (Å²) in [7, 11) is 0. The number of nitrogens with zero attached hydrogens (tertiary/aromatic N) is 1. The maximum Gasteiger partial charge on any atom is 0.0842 e. The van der Waals surface area contributed by atoms with E-state index in [-0.39, 0.29) is 6.42 Å². The number of hydrogen-bond acceptors (Lipinski definition) is 3. The maximum absolute atomic E-state index is 9.37.